The number of anilines is 1. The molecule has 3 heterocycles. The number of nitrogens with zero attached hydrogens (tertiary/aromatic N) is 3. The summed E-state index contributed by atoms with van der Waals surface area (Å²) in [4.78, 5) is 32.1. The van der Waals surface area contributed by atoms with E-state index in [2.05, 4.69) is 11.1 Å². The van der Waals surface area contributed by atoms with E-state index in [0.717, 1.165) is 80.1 Å². The second kappa shape index (κ2) is 8.55. The minimum Gasteiger partial charge on any atom is -0.376 e. The first kappa shape index (κ1) is 19.8. The molecule has 1 aromatic heterocycles. The number of benzene rings is 1. The number of rotatable bonds is 5. The van der Waals surface area contributed by atoms with Gasteiger partial charge >= 0.3 is 5.69 Å². The topological polar surface area (TPSA) is 64.4 Å². The molecule has 0 saturated carbocycles. The molecule has 6 nitrogen and oxygen atoms in total. The number of amides is 1. The summed E-state index contributed by atoms with van der Waals surface area (Å²) in [5.74, 6) is 0.396. The predicted octanol–water partition coefficient (Wildman–Crippen LogP) is 2.98. The van der Waals surface area contributed by atoms with Crippen LogP contribution in [-0.2, 0) is 35.3 Å². The monoisotopic (exact) mass is 425 g/mol. The molecule has 5 rings (SSSR count). The lowest BCUT2D eigenvalue weighted by molar-refractivity contribution is -0.116. The van der Waals surface area contributed by atoms with Gasteiger partial charge in [0, 0.05) is 30.1 Å². The van der Waals surface area contributed by atoms with Gasteiger partial charge in [0.05, 0.1) is 18.4 Å². The van der Waals surface area contributed by atoms with Crippen LogP contribution in [0.2, 0.25) is 0 Å². The number of fused-ring (bicyclic) bond motifs is 2. The van der Waals surface area contributed by atoms with Crippen LogP contribution in [0.5, 0.6) is 0 Å². The van der Waals surface area contributed by atoms with Crippen LogP contribution in [0.1, 0.15) is 42.5 Å². The quantitative estimate of drug-likeness (QED) is 0.544. The molecule has 3 aliphatic rings. The van der Waals surface area contributed by atoms with Crippen LogP contribution in [0.3, 0.4) is 0 Å². The van der Waals surface area contributed by atoms with E-state index in [4.69, 9.17) is 4.74 Å². The van der Waals surface area contributed by atoms with Crippen molar-refractivity contribution in [2.45, 2.75) is 62.6 Å². The first-order valence-corrected chi connectivity index (χ1v) is 11.9. The summed E-state index contributed by atoms with van der Waals surface area (Å²) >= 11 is 1.42. The van der Waals surface area contributed by atoms with Crippen molar-refractivity contribution in [3.05, 3.63) is 51.6 Å². The van der Waals surface area contributed by atoms with Crippen molar-refractivity contribution in [2.24, 2.45) is 0 Å². The fraction of sp³-hybridized carbons (Fsp3) is 0.522. The molecule has 30 heavy (non-hydrogen) atoms. The molecule has 1 atom stereocenters. The maximum atomic E-state index is 13.0. The molecular weight excluding hydrogens is 398 g/mol. The Labute approximate surface area is 180 Å². The van der Waals surface area contributed by atoms with Crippen LogP contribution in [-0.4, -0.2) is 40.5 Å². The normalized spacial score (nSPS) is 20.3. The van der Waals surface area contributed by atoms with Gasteiger partial charge in [0.1, 0.15) is 5.03 Å². The Morgan fingerprint density at radius 3 is 2.93 bits per heavy atom. The average Bonchev–Trinajstić information content (AvgIpc) is 3.46. The number of aryl methyl sites for hydroxylation is 1. The Balaban J connectivity index is 1.33. The van der Waals surface area contributed by atoms with Gasteiger partial charge in [-0.15, -0.1) is 0 Å². The largest absolute Gasteiger partial charge is 0.376 e. The van der Waals surface area contributed by atoms with E-state index in [1.807, 2.05) is 27.7 Å². The van der Waals surface area contributed by atoms with Crippen molar-refractivity contribution in [3.8, 4) is 0 Å². The van der Waals surface area contributed by atoms with Gasteiger partial charge in [-0.05, 0) is 56.6 Å². The van der Waals surface area contributed by atoms with Crippen molar-refractivity contribution in [3.63, 3.8) is 0 Å². The maximum absolute atomic E-state index is 13.0. The number of ether oxygens (including phenoxy) is 1. The predicted molar refractivity (Wildman–Crippen MR) is 117 cm³/mol. The molecular formula is C23H27N3O3S. The highest BCUT2D eigenvalue weighted by Gasteiger charge is 2.27. The Morgan fingerprint density at radius 2 is 2.07 bits per heavy atom. The smallest absolute Gasteiger partial charge is 0.348 e. The zero-order chi connectivity index (χ0) is 20.5. The van der Waals surface area contributed by atoms with Crippen LogP contribution < -0.4 is 10.6 Å². The number of thioether (sulfide) groups is 1. The molecule has 158 valence electrons. The summed E-state index contributed by atoms with van der Waals surface area (Å²) in [7, 11) is 0. The minimum atomic E-state index is -0.204. The van der Waals surface area contributed by atoms with E-state index in [1.165, 1.54) is 17.3 Å². The van der Waals surface area contributed by atoms with Crippen molar-refractivity contribution < 1.29 is 9.53 Å². The number of aromatic nitrogens is 2. The zero-order valence-corrected chi connectivity index (χ0v) is 18.0. The number of carbonyl (C=O) groups is 1. The Morgan fingerprint density at radius 1 is 1.17 bits per heavy atom. The van der Waals surface area contributed by atoms with Crippen LogP contribution in [0.15, 0.2) is 34.1 Å². The van der Waals surface area contributed by atoms with Gasteiger partial charge in [0.25, 0.3) is 0 Å². The van der Waals surface area contributed by atoms with Gasteiger partial charge in [-0.2, -0.15) is 4.98 Å². The van der Waals surface area contributed by atoms with Crippen LogP contribution in [0.25, 0.3) is 0 Å². The molecule has 0 N–H and O–H groups in total. The summed E-state index contributed by atoms with van der Waals surface area (Å²) in [6.07, 6.45) is 7.05. The molecule has 1 aliphatic carbocycles. The number of hydrogen-bond acceptors (Lipinski definition) is 5. The Hall–Kier alpha value is -2.12. The molecule has 1 fully saturated rings. The van der Waals surface area contributed by atoms with E-state index in [0.29, 0.717) is 12.3 Å². The number of para-hydroxylation sites is 1. The highest BCUT2D eigenvalue weighted by Crippen LogP contribution is 2.32. The third-order valence-electron chi connectivity index (χ3n) is 6.35. The zero-order valence-electron chi connectivity index (χ0n) is 17.1. The molecule has 1 amide bonds. The molecule has 7 heteroatoms. The van der Waals surface area contributed by atoms with Crippen molar-refractivity contribution in [1.29, 1.82) is 0 Å². The van der Waals surface area contributed by atoms with Crippen molar-refractivity contribution >= 4 is 23.4 Å². The third kappa shape index (κ3) is 3.81. The van der Waals surface area contributed by atoms with Crippen LogP contribution in [0, 0.1) is 0 Å². The molecule has 1 saturated heterocycles. The Bertz CT molecular complexity index is 1010. The Kier molecular flexibility index (Phi) is 5.65. The van der Waals surface area contributed by atoms with Gasteiger partial charge in [0.2, 0.25) is 5.91 Å². The minimum absolute atomic E-state index is 0.0873. The highest BCUT2D eigenvalue weighted by molar-refractivity contribution is 8.00. The second-order valence-electron chi connectivity index (χ2n) is 8.29. The summed E-state index contributed by atoms with van der Waals surface area (Å²) in [6.45, 7) is 2.14. The molecule has 0 bridgehead atoms. The van der Waals surface area contributed by atoms with Gasteiger partial charge in [-0.25, -0.2) is 4.79 Å². The first-order chi connectivity index (χ1) is 14.7. The van der Waals surface area contributed by atoms with E-state index in [-0.39, 0.29) is 17.7 Å². The molecule has 2 aromatic rings. The third-order valence-corrected chi connectivity index (χ3v) is 7.36. The number of hydrogen-bond donors (Lipinski definition) is 0. The van der Waals surface area contributed by atoms with E-state index >= 15 is 0 Å². The van der Waals surface area contributed by atoms with Gasteiger partial charge in [0.15, 0.2) is 0 Å². The first-order valence-electron chi connectivity index (χ1n) is 11.0. The van der Waals surface area contributed by atoms with Crippen molar-refractivity contribution in [2.75, 3.05) is 23.8 Å². The maximum Gasteiger partial charge on any atom is 0.348 e. The summed E-state index contributed by atoms with van der Waals surface area (Å²) < 4.78 is 7.56. The van der Waals surface area contributed by atoms with E-state index in [1.54, 1.807) is 0 Å². The fourth-order valence-electron chi connectivity index (χ4n) is 4.89. The standard InChI is InChI=1S/C23H27N3O3S/c27-21(25-12-4-7-16-6-1-2-10-19(16)25)15-30-22-18-9-3-11-20(18)26(23(28)24-22)14-17-8-5-13-29-17/h1-2,6,10,17H,3-5,7-9,11-15H2/t17-/m1/s1. The highest BCUT2D eigenvalue weighted by atomic mass is 32.2. The summed E-state index contributed by atoms with van der Waals surface area (Å²) in [5, 5.41) is 0.745. The number of carbonyl (C=O) groups excluding carboxylic acids is 1. The van der Waals surface area contributed by atoms with Crippen LogP contribution in [0.4, 0.5) is 5.69 Å². The fourth-order valence-corrected chi connectivity index (χ4v) is 5.84. The van der Waals surface area contributed by atoms with Gasteiger partial charge < -0.3 is 9.64 Å². The van der Waals surface area contributed by atoms with Crippen molar-refractivity contribution in [1.82, 2.24) is 9.55 Å². The molecule has 0 spiro atoms. The van der Waals surface area contributed by atoms with E-state index < -0.39 is 0 Å². The molecule has 1 aromatic carbocycles. The summed E-state index contributed by atoms with van der Waals surface area (Å²) in [5.41, 5.74) is 4.31. The molecule has 2 aliphatic heterocycles. The lowest BCUT2D eigenvalue weighted by atomic mass is 10.0. The SMILES string of the molecule is O=C(CSc1nc(=O)n(C[C@H]2CCCO2)c2c1CCC2)N1CCCc2ccccc21. The molecule has 0 unspecified atom stereocenters. The van der Waals surface area contributed by atoms with Gasteiger partial charge in [-0.1, -0.05) is 30.0 Å². The lowest BCUT2D eigenvalue weighted by Crippen LogP contribution is -2.36. The molecule has 0 radical (unpaired) electrons. The van der Waals surface area contributed by atoms with Crippen LogP contribution >= 0.6 is 11.8 Å². The summed E-state index contributed by atoms with van der Waals surface area (Å²) in [6, 6.07) is 8.14. The average molecular weight is 426 g/mol. The van der Waals surface area contributed by atoms with Gasteiger partial charge in [-0.3, -0.25) is 9.36 Å². The van der Waals surface area contributed by atoms with E-state index in [9.17, 15) is 9.59 Å². The lowest BCUT2D eigenvalue weighted by Gasteiger charge is -2.29. The second-order valence-corrected chi connectivity index (χ2v) is 9.25.